The van der Waals surface area contributed by atoms with Gasteiger partial charge in [-0.05, 0) is 55.0 Å². The second-order valence-corrected chi connectivity index (χ2v) is 9.91. The Hall–Kier alpha value is -3.34. The maximum atomic E-state index is 13.0. The first-order chi connectivity index (χ1) is 15.6. The summed E-state index contributed by atoms with van der Waals surface area (Å²) < 4.78 is 69.6. The lowest BCUT2D eigenvalue weighted by Gasteiger charge is -2.13. The van der Waals surface area contributed by atoms with E-state index < -0.39 is 33.5 Å². The highest BCUT2D eigenvalue weighted by molar-refractivity contribution is 7.91. The van der Waals surface area contributed by atoms with Crippen LogP contribution in [0.5, 0.6) is 5.75 Å². The second-order valence-electron chi connectivity index (χ2n) is 7.68. The number of hydrogen-bond acceptors (Lipinski definition) is 5. The molecule has 4 rings (SSSR count). The molecule has 1 amide bonds. The number of carbonyl (C=O) groups is 1. The second kappa shape index (κ2) is 8.54. The van der Waals surface area contributed by atoms with Gasteiger partial charge in [0.05, 0.1) is 35.9 Å². The van der Waals surface area contributed by atoms with E-state index in [2.05, 4.69) is 10.4 Å². The van der Waals surface area contributed by atoms with Crippen molar-refractivity contribution in [3.05, 3.63) is 65.9 Å². The van der Waals surface area contributed by atoms with Gasteiger partial charge in [0.2, 0.25) is 0 Å². The Balaban J connectivity index is 1.68. The Morgan fingerprint density at radius 2 is 1.88 bits per heavy atom. The molecule has 11 heteroatoms. The first-order valence-electron chi connectivity index (χ1n) is 9.99. The molecule has 0 spiro atoms. The third-order valence-electron chi connectivity index (χ3n) is 5.36. The lowest BCUT2D eigenvalue weighted by Crippen LogP contribution is -2.17. The quantitative estimate of drug-likeness (QED) is 0.593. The summed E-state index contributed by atoms with van der Waals surface area (Å²) in [6.45, 7) is 0. The molecule has 1 fully saturated rings. The van der Waals surface area contributed by atoms with Crippen molar-refractivity contribution in [2.45, 2.75) is 18.6 Å². The third kappa shape index (κ3) is 5.03. The summed E-state index contributed by atoms with van der Waals surface area (Å²) in [4.78, 5) is 12.8. The monoisotopic (exact) mass is 479 g/mol. The van der Waals surface area contributed by atoms with Gasteiger partial charge in [-0.1, -0.05) is 6.07 Å². The number of nitrogens with zero attached hydrogens (tertiary/aromatic N) is 2. The average molecular weight is 479 g/mol. The van der Waals surface area contributed by atoms with Crippen LogP contribution in [-0.4, -0.2) is 42.7 Å². The molecule has 0 unspecified atom stereocenters. The molecular formula is C22H20F3N3O4S. The van der Waals surface area contributed by atoms with Gasteiger partial charge < -0.3 is 10.1 Å². The fraction of sp³-hybridized carbons (Fsp3) is 0.273. The number of halogens is 3. The Labute approximate surface area is 188 Å². The van der Waals surface area contributed by atoms with Gasteiger partial charge in [0.25, 0.3) is 5.91 Å². The molecule has 0 bridgehead atoms. The molecule has 33 heavy (non-hydrogen) atoms. The van der Waals surface area contributed by atoms with Crippen LogP contribution < -0.4 is 10.1 Å². The highest BCUT2D eigenvalue weighted by atomic mass is 32.2. The van der Waals surface area contributed by atoms with E-state index in [1.54, 1.807) is 24.3 Å². The molecule has 1 aromatic heterocycles. The molecule has 2 heterocycles. The summed E-state index contributed by atoms with van der Waals surface area (Å²) >= 11 is 0. The van der Waals surface area contributed by atoms with Crippen molar-refractivity contribution in [3.8, 4) is 17.0 Å². The van der Waals surface area contributed by atoms with Crippen LogP contribution >= 0.6 is 0 Å². The van der Waals surface area contributed by atoms with Crippen molar-refractivity contribution in [3.63, 3.8) is 0 Å². The van der Waals surface area contributed by atoms with Crippen LogP contribution in [-0.2, 0) is 16.0 Å². The van der Waals surface area contributed by atoms with E-state index in [1.807, 2.05) is 0 Å². The fourth-order valence-electron chi connectivity index (χ4n) is 3.70. The number of alkyl halides is 3. The van der Waals surface area contributed by atoms with Crippen LogP contribution in [0, 0.1) is 0 Å². The lowest BCUT2D eigenvalue weighted by atomic mass is 10.1. The molecule has 1 aliphatic heterocycles. The van der Waals surface area contributed by atoms with Gasteiger partial charge in [-0.2, -0.15) is 18.3 Å². The first kappa shape index (κ1) is 22.8. The molecule has 3 aromatic rings. The number of methoxy groups -OCH3 is 1. The molecule has 0 saturated carbocycles. The van der Waals surface area contributed by atoms with Crippen LogP contribution in [0.15, 0.2) is 54.6 Å². The Morgan fingerprint density at radius 3 is 2.48 bits per heavy atom. The summed E-state index contributed by atoms with van der Waals surface area (Å²) in [5, 5.41) is 6.77. The SMILES string of the molecule is COc1ccc(-c2cc(C(=O)Nc3cccc(C(F)(F)F)c3)nn2[C@@H]2CCS(=O)(=O)C2)cc1. The lowest BCUT2D eigenvalue weighted by molar-refractivity contribution is -0.137. The van der Waals surface area contributed by atoms with Gasteiger partial charge in [0, 0.05) is 11.3 Å². The van der Waals surface area contributed by atoms with Crippen molar-refractivity contribution in [1.82, 2.24) is 9.78 Å². The van der Waals surface area contributed by atoms with Crippen LogP contribution in [0.1, 0.15) is 28.5 Å². The van der Waals surface area contributed by atoms with Gasteiger partial charge in [-0.3, -0.25) is 9.48 Å². The molecule has 2 aromatic carbocycles. The number of amides is 1. The molecule has 1 aliphatic rings. The highest BCUT2D eigenvalue weighted by Crippen LogP contribution is 2.32. The van der Waals surface area contributed by atoms with Crippen LogP contribution in [0.25, 0.3) is 11.3 Å². The van der Waals surface area contributed by atoms with E-state index in [-0.39, 0.29) is 22.9 Å². The zero-order chi connectivity index (χ0) is 23.8. The highest BCUT2D eigenvalue weighted by Gasteiger charge is 2.33. The topological polar surface area (TPSA) is 90.3 Å². The molecular weight excluding hydrogens is 459 g/mol. The number of carbonyl (C=O) groups excluding carboxylic acids is 1. The van der Waals surface area contributed by atoms with E-state index in [0.29, 0.717) is 23.4 Å². The normalized spacial score (nSPS) is 17.6. The average Bonchev–Trinajstić information content (AvgIpc) is 3.37. The summed E-state index contributed by atoms with van der Waals surface area (Å²) in [7, 11) is -1.69. The van der Waals surface area contributed by atoms with E-state index in [0.717, 1.165) is 12.1 Å². The number of hydrogen-bond donors (Lipinski definition) is 1. The van der Waals surface area contributed by atoms with E-state index in [9.17, 15) is 26.4 Å². The minimum absolute atomic E-state index is 0.0192. The minimum atomic E-state index is -4.54. The predicted molar refractivity (Wildman–Crippen MR) is 116 cm³/mol. The molecule has 174 valence electrons. The maximum Gasteiger partial charge on any atom is 0.416 e. The first-order valence-corrected chi connectivity index (χ1v) is 11.8. The van der Waals surface area contributed by atoms with E-state index in [4.69, 9.17) is 4.74 Å². The Bertz CT molecular complexity index is 1280. The summed E-state index contributed by atoms with van der Waals surface area (Å²) in [6.07, 6.45) is -4.19. The molecule has 1 N–H and O–H groups in total. The molecule has 7 nitrogen and oxygen atoms in total. The Kier molecular flexibility index (Phi) is 5.91. The number of aromatic nitrogens is 2. The smallest absolute Gasteiger partial charge is 0.416 e. The van der Waals surface area contributed by atoms with Gasteiger partial charge in [-0.25, -0.2) is 8.42 Å². The van der Waals surface area contributed by atoms with Crippen molar-refractivity contribution in [2.24, 2.45) is 0 Å². The molecule has 0 aliphatic carbocycles. The number of sulfone groups is 1. The standard InChI is InChI=1S/C22H20F3N3O4S/c1-32-18-7-5-14(6-8-18)20-12-19(27-28(20)17-9-10-33(30,31)13-17)21(29)26-16-4-2-3-15(11-16)22(23,24)25/h2-8,11-12,17H,9-10,13H2,1H3,(H,26,29)/t17-/m1/s1. The van der Waals surface area contributed by atoms with Gasteiger partial charge >= 0.3 is 6.18 Å². The van der Waals surface area contributed by atoms with Gasteiger partial charge in [-0.15, -0.1) is 0 Å². The fourth-order valence-corrected chi connectivity index (χ4v) is 5.39. The van der Waals surface area contributed by atoms with Crippen molar-refractivity contribution < 1.29 is 31.1 Å². The van der Waals surface area contributed by atoms with Crippen molar-refractivity contribution >= 4 is 21.4 Å². The van der Waals surface area contributed by atoms with Gasteiger partial charge in [0.1, 0.15) is 5.75 Å². The van der Waals surface area contributed by atoms with Crippen molar-refractivity contribution in [2.75, 3.05) is 23.9 Å². The van der Waals surface area contributed by atoms with Crippen LogP contribution in [0.2, 0.25) is 0 Å². The van der Waals surface area contributed by atoms with Crippen LogP contribution in [0.4, 0.5) is 18.9 Å². The zero-order valence-corrected chi connectivity index (χ0v) is 18.3. The van der Waals surface area contributed by atoms with Crippen LogP contribution in [0.3, 0.4) is 0 Å². The third-order valence-corrected chi connectivity index (χ3v) is 7.11. The summed E-state index contributed by atoms with van der Waals surface area (Å²) in [5.74, 6) is -0.169. The van der Waals surface area contributed by atoms with E-state index >= 15 is 0 Å². The minimum Gasteiger partial charge on any atom is -0.497 e. The van der Waals surface area contributed by atoms with Gasteiger partial charge in [0.15, 0.2) is 15.5 Å². The number of ether oxygens (including phenoxy) is 1. The van der Waals surface area contributed by atoms with Crippen molar-refractivity contribution in [1.29, 1.82) is 0 Å². The number of rotatable bonds is 5. The predicted octanol–water partition coefficient (Wildman–Crippen LogP) is 4.19. The number of anilines is 1. The molecule has 1 saturated heterocycles. The Morgan fingerprint density at radius 1 is 1.15 bits per heavy atom. The summed E-state index contributed by atoms with van der Waals surface area (Å²) in [5.41, 5.74) is 0.252. The van der Waals surface area contributed by atoms with E-state index in [1.165, 1.54) is 30.0 Å². The summed E-state index contributed by atoms with van der Waals surface area (Å²) in [6, 6.07) is 12.3. The molecule has 0 radical (unpaired) electrons. The number of nitrogens with one attached hydrogen (secondary N) is 1. The zero-order valence-electron chi connectivity index (χ0n) is 17.5. The maximum absolute atomic E-state index is 13.0. The molecule has 1 atom stereocenters. The number of benzene rings is 2. The largest absolute Gasteiger partial charge is 0.497 e.